The molecule has 0 radical (unpaired) electrons. The second-order valence-corrected chi connectivity index (χ2v) is 3.16. The van der Waals surface area contributed by atoms with Crippen molar-refractivity contribution in [2.45, 2.75) is 39.0 Å². The SMILES string of the molecule is CCCCOC(=O)C(=O)CCCC(=O)O. The van der Waals surface area contributed by atoms with Gasteiger partial charge in [0.1, 0.15) is 0 Å². The molecule has 0 fully saturated rings. The Morgan fingerprint density at radius 1 is 1.13 bits per heavy atom. The molecule has 1 N–H and O–H groups in total. The van der Waals surface area contributed by atoms with Gasteiger partial charge in [0.05, 0.1) is 6.61 Å². The number of hydrogen-bond donors (Lipinski definition) is 1. The molecule has 15 heavy (non-hydrogen) atoms. The first-order chi connectivity index (χ1) is 7.07. The lowest BCUT2D eigenvalue weighted by atomic mass is 10.2. The molecule has 0 aliphatic heterocycles. The van der Waals surface area contributed by atoms with Crippen LogP contribution in [0, 0.1) is 0 Å². The molecule has 5 heteroatoms. The molecule has 0 spiro atoms. The van der Waals surface area contributed by atoms with Gasteiger partial charge in [-0.05, 0) is 12.8 Å². The predicted octanol–water partition coefficient (Wildman–Crippen LogP) is 1.15. The maximum atomic E-state index is 11.1. The third-order valence-electron chi connectivity index (χ3n) is 1.75. The van der Waals surface area contributed by atoms with Crippen molar-refractivity contribution in [2.75, 3.05) is 6.61 Å². The van der Waals surface area contributed by atoms with Crippen LogP contribution in [0.3, 0.4) is 0 Å². The molecule has 0 saturated heterocycles. The second kappa shape index (κ2) is 7.96. The van der Waals surface area contributed by atoms with E-state index in [1.807, 2.05) is 6.92 Å². The summed E-state index contributed by atoms with van der Waals surface area (Å²) in [6, 6.07) is 0. The van der Waals surface area contributed by atoms with Gasteiger partial charge in [0.2, 0.25) is 5.78 Å². The number of carbonyl (C=O) groups is 3. The van der Waals surface area contributed by atoms with Crippen LogP contribution in [0.25, 0.3) is 0 Å². The topological polar surface area (TPSA) is 80.7 Å². The Morgan fingerprint density at radius 2 is 1.80 bits per heavy atom. The number of carbonyl (C=O) groups excluding carboxylic acids is 2. The van der Waals surface area contributed by atoms with Gasteiger partial charge in [-0.1, -0.05) is 13.3 Å². The molecule has 0 saturated carbocycles. The van der Waals surface area contributed by atoms with Gasteiger partial charge in [-0.3, -0.25) is 9.59 Å². The van der Waals surface area contributed by atoms with E-state index in [0.717, 1.165) is 12.8 Å². The molecular formula is C10H16O5. The molecule has 0 aliphatic carbocycles. The Kier molecular flexibility index (Phi) is 7.23. The number of carboxylic acids is 1. The van der Waals surface area contributed by atoms with Crippen LogP contribution in [0.2, 0.25) is 0 Å². The number of unbranched alkanes of at least 4 members (excludes halogenated alkanes) is 1. The van der Waals surface area contributed by atoms with Crippen molar-refractivity contribution >= 4 is 17.7 Å². The summed E-state index contributed by atoms with van der Waals surface area (Å²) in [6.07, 6.45) is 1.64. The van der Waals surface area contributed by atoms with Gasteiger partial charge < -0.3 is 9.84 Å². The van der Waals surface area contributed by atoms with E-state index < -0.39 is 17.7 Å². The summed E-state index contributed by atoms with van der Waals surface area (Å²) in [4.78, 5) is 32.2. The first-order valence-corrected chi connectivity index (χ1v) is 4.99. The quantitative estimate of drug-likeness (QED) is 0.374. The number of ketones is 1. The zero-order valence-electron chi connectivity index (χ0n) is 8.82. The molecule has 0 aromatic rings. The van der Waals surface area contributed by atoms with Crippen molar-refractivity contribution < 1.29 is 24.2 Å². The summed E-state index contributed by atoms with van der Waals surface area (Å²) in [5, 5.41) is 8.31. The lowest BCUT2D eigenvalue weighted by molar-refractivity contribution is -0.154. The smallest absolute Gasteiger partial charge is 0.374 e. The average molecular weight is 216 g/mol. The lowest BCUT2D eigenvalue weighted by Crippen LogP contribution is -2.18. The van der Waals surface area contributed by atoms with Crippen molar-refractivity contribution in [2.24, 2.45) is 0 Å². The van der Waals surface area contributed by atoms with Gasteiger partial charge in [-0.15, -0.1) is 0 Å². The molecule has 0 rings (SSSR count). The van der Waals surface area contributed by atoms with Crippen molar-refractivity contribution in [3.8, 4) is 0 Å². The third-order valence-corrected chi connectivity index (χ3v) is 1.75. The van der Waals surface area contributed by atoms with Crippen LogP contribution in [0.5, 0.6) is 0 Å². The highest BCUT2D eigenvalue weighted by Gasteiger charge is 2.14. The van der Waals surface area contributed by atoms with Gasteiger partial charge in [-0.25, -0.2) is 4.79 Å². The Labute approximate surface area is 88.4 Å². The van der Waals surface area contributed by atoms with Crippen LogP contribution in [-0.2, 0) is 19.1 Å². The fourth-order valence-electron chi connectivity index (χ4n) is 0.892. The summed E-state index contributed by atoms with van der Waals surface area (Å²) in [7, 11) is 0. The lowest BCUT2D eigenvalue weighted by Gasteiger charge is -2.01. The van der Waals surface area contributed by atoms with Crippen LogP contribution < -0.4 is 0 Å². The zero-order valence-corrected chi connectivity index (χ0v) is 8.82. The van der Waals surface area contributed by atoms with E-state index in [4.69, 9.17) is 5.11 Å². The molecule has 0 amide bonds. The minimum atomic E-state index is -0.970. The maximum Gasteiger partial charge on any atom is 0.374 e. The number of esters is 1. The third kappa shape index (κ3) is 7.66. The predicted molar refractivity (Wildman–Crippen MR) is 52.4 cm³/mol. The van der Waals surface area contributed by atoms with E-state index in [-0.39, 0.29) is 25.9 Å². The van der Waals surface area contributed by atoms with E-state index in [1.54, 1.807) is 0 Å². The van der Waals surface area contributed by atoms with Crippen LogP contribution in [0.4, 0.5) is 0 Å². The van der Waals surface area contributed by atoms with E-state index >= 15 is 0 Å². The van der Waals surface area contributed by atoms with E-state index in [2.05, 4.69) is 4.74 Å². The van der Waals surface area contributed by atoms with E-state index in [9.17, 15) is 14.4 Å². The van der Waals surface area contributed by atoms with Crippen LogP contribution in [-0.4, -0.2) is 29.4 Å². The first kappa shape index (κ1) is 13.6. The van der Waals surface area contributed by atoms with Gasteiger partial charge in [0.15, 0.2) is 0 Å². The molecule has 0 aromatic carbocycles. The molecule has 5 nitrogen and oxygen atoms in total. The van der Waals surface area contributed by atoms with Gasteiger partial charge in [-0.2, -0.15) is 0 Å². The summed E-state index contributed by atoms with van der Waals surface area (Å²) in [5.74, 6) is -2.47. The highest BCUT2D eigenvalue weighted by atomic mass is 16.5. The Morgan fingerprint density at radius 3 is 2.33 bits per heavy atom. The van der Waals surface area contributed by atoms with E-state index in [1.165, 1.54) is 0 Å². The molecule has 86 valence electrons. The van der Waals surface area contributed by atoms with Crippen LogP contribution >= 0.6 is 0 Å². The Balaban J connectivity index is 3.60. The van der Waals surface area contributed by atoms with Crippen molar-refractivity contribution in [1.82, 2.24) is 0 Å². The van der Waals surface area contributed by atoms with Crippen molar-refractivity contribution in [3.63, 3.8) is 0 Å². The Bertz CT molecular complexity index is 234. The average Bonchev–Trinajstić information content (AvgIpc) is 2.17. The van der Waals surface area contributed by atoms with Gasteiger partial charge in [0, 0.05) is 12.8 Å². The zero-order chi connectivity index (χ0) is 11.7. The number of ether oxygens (including phenoxy) is 1. The van der Waals surface area contributed by atoms with Crippen molar-refractivity contribution in [1.29, 1.82) is 0 Å². The molecule has 0 atom stereocenters. The maximum absolute atomic E-state index is 11.1. The first-order valence-electron chi connectivity index (χ1n) is 4.99. The van der Waals surface area contributed by atoms with E-state index in [0.29, 0.717) is 0 Å². The molecule has 0 unspecified atom stereocenters. The highest BCUT2D eigenvalue weighted by Crippen LogP contribution is 1.99. The number of carboxylic acid groups (broad SMARTS) is 1. The van der Waals surface area contributed by atoms with Crippen LogP contribution in [0.15, 0.2) is 0 Å². The number of aliphatic carboxylic acids is 1. The largest absolute Gasteiger partial charge is 0.481 e. The molecule has 0 aliphatic rings. The normalized spacial score (nSPS) is 9.67. The fraction of sp³-hybridized carbons (Fsp3) is 0.700. The number of hydrogen-bond acceptors (Lipinski definition) is 4. The fourth-order valence-corrected chi connectivity index (χ4v) is 0.892. The minimum Gasteiger partial charge on any atom is -0.481 e. The number of Topliss-reactive ketones (excluding diaryl/α,β-unsaturated/α-hetero) is 1. The second-order valence-electron chi connectivity index (χ2n) is 3.16. The minimum absolute atomic E-state index is 0.0583. The summed E-state index contributed by atoms with van der Waals surface area (Å²) < 4.78 is 4.67. The van der Waals surface area contributed by atoms with Gasteiger partial charge >= 0.3 is 11.9 Å². The van der Waals surface area contributed by atoms with Gasteiger partial charge in [0.25, 0.3) is 0 Å². The Hall–Kier alpha value is -1.39. The monoisotopic (exact) mass is 216 g/mol. The molecule has 0 bridgehead atoms. The summed E-state index contributed by atoms with van der Waals surface area (Å²) in [5.41, 5.74) is 0. The highest BCUT2D eigenvalue weighted by molar-refractivity contribution is 6.33. The molecule has 0 aromatic heterocycles. The molecule has 0 heterocycles. The summed E-state index contributed by atoms with van der Waals surface area (Å²) >= 11 is 0. The molecular weight excluding hydrogens is 200 g/mol. The standard InChI is InChI=1S/C10H16O5/c1-2-3-7-15-10(14)8(11)5-4-6-9(12)13/h2-7H2,1H3,(H,12,13). The number of rotatable bonds is 8. The van der Waals surface area contributed by atoms with Crippen molar-refractivity contribution in [3.05, 3.63) is 0 Å². The van der Waals surface area contributed by atoms with Crippen LogP contribution in [0.1, 0.15) is 39.0 Å². The summed E-state index contributed by atoms with van der Waals surface area (Å²) in [6.45, 7) is 2.20.